The van der Waals surface area contributed by atoms with Crippen molar-refractivity contribution >= 4 is 16.6 Å². The van der Waals surface area contributed by atoms with Crippen LogP contribution in [0.4, 0.5) is 5.82 Å². The van der Waals surface area contributed by atoms with Gasteiger partial charge in [0.1, 0.15) is 29.5 Å². The van der Waals surface area contributed by atoms with E-state index in [0.29, 0.717) is 6.04 Å². The number of rotatable bonds is 11. The lowest BCUT2D eigenvalue weighted by molar-refractivity contribution is 0.211. The minimum absolute atomic E-state index is 0.336. The van der Waals surface area contributed by atoms with Crippen LogP contribution >= 0.6 is 0 Å². The molecule has 8 nitrogen and oxygen atoms in total. The number of methoxy groups -OCH3 is 2. The number of likely N-dealkylation sites (tertiary alicyclic amines) is 2. The number of fused-ring (bicyclic) bond motifs is 1. The smallest absolute Gasteiger partial charge is 0.156 e. The molecule has 6 rings (SSSR count). The summed E-state index contributed by atoms with van der Waals surface area (Å²) in [5, 5.41) is 15.1. The average Bonchev–Trinajstić information content (AvgIpc) is 3.56. The average molecular weight is 568 g/mol. The van der Waals surface area contributed by atoms with Gasteiger partial charge in [0.2, 0.25) is 0 Å². The Bertz CT molecular complexity index is 1450. The lowest BCUT2D eigenvalue weighted by Crippen LogP contribution is -2.38. The molecule has 0 saturated carbocycles. The van der Waals surface area contributed by atoms with Crippen molar-refractivity contribution in [2.24, 2.45) is 0 Å². The van der Waals surface area contributed by atoms with Gasteiger partial charge in [-0.25, -0.2) is 0 Å². The number of benzene rings is 3. The summed E-state index contributed by atoms with van der Waals surface area (Å²) < 4.78 is 16.9. The van der Waals surface area contributed by atoms with E-state index < -0.39 is 0 Å². The summed E-state index contributed by atoms with van der Waals surface area (Å²) in [7, 11) is 3.37. The molecule has 0 aliphatic carbocycles. The molecule has 1 N–H and O–H groups in total. The van der Waals surface area contributed by atoms with Gasteiger partial charge in [-0.05, 0) is 98.9 Å². The van der Waals surface area contributed by atoms with Crippen LogP contribution in [0, 0.1) is 0 Å². The Labute approximate surface area is 248 Å². The Morgan fingerprint density at radius 2 is 1.43 bits per heavy atom. The van der Waals surface area contributed by atoms with Crippen molar-refractivity contribution < 1.29 is 14.2 Å². The Hall–Kier alpha value is -3.88. The van der Waals surface area contributed by atoms with Gasteiger partial charge in [-0.2, -0.15) is 0 Å². The first kappa shape index (κ1) is 28.2. The summed E-state index contributed by atoms with van der Waals surface area (Å²) in [6.07, 6.45) is 4.73. The second-order valence-corrected chi connectivity index (χ2v) is 11.3. The maximum absolute atomic E-state index is 5.98. The highest BCUT2D eigenvalue weighted by Crippen LogP contribution is 2.34. The zero-order chi connectivity index (χ0) is 28.7. The van der Waals surface area contributed by atoms with E-state index in [1.54, 1.807) is 14.2 Å². The lowest BCUT2D eigenvalue weighted by Gasteiger charge is -2.32. The summed E-state index contributed by atoms with van der Waals surface area (Å²) in [6.45, 7) is 7.23. The highest BCUT2D eigenvalue weighted by molar-refractivity contribution is 6.00. The highest BCUT2D eigenvalue weighted by Gasteiger charge is 2.21. The summed E-state index contributed by atoms with van der Waals surface area (Å²) in [5.74, 6) is 3.39. The van der Waals surface area contributed by atoms with Crippen molar-refractivity contribution in [1.82, 2.24) is 20.0 Å². The van der Waals surface area contributed by atoms with Crippen LogP contribution in [-0.4, -0.2) is 79.6 Å². The Kier molecular flexibility index (Phi) is 9.01. The largest absolute Gasteiger partial charge is 0.497 e. The fraction of sp³-hybridized carbons (Fsp3) is 0.412. The van der Waals surface area contributed by atoms with Gasteiger partial charge in [0, 0.05) is 48.6 Å². The van der Waals surface area contributed by atoms with Gasteiger partial charge < -0.3 is 19.5 Å². The van der Waals surface area contributed by atoms with Crippen molar-refractivity contribution in [2.45, 2.75) is 38.3 Å². The van der Waals surface area contributed by atoms with Gasteiger partial charge in [-0.3, -0.25) is 9.80 Å². The van der Waals surface area contributed by atoms with Crippen LogP contribution < -0.4 is 19.5 Å². The van der Waals surface area contributed by atoms with Gasteiger partial charge in [-0.15, -0.1) is 10.2 Å². The molecule has 2 aliphatic rings. The number of aromatic nitrogens is 2. The summed E-state index contributed by atoms with van der Waals surface area (Å²) in [4.78, 5) is 5.01. The molecule has 0 amide bonds. The van der Waals surface area contributed by atoms with Crippen LogP contribution in [0.1, 0.15) is 31.2 Å². The molecule has 0 atom stereocenters. The molecule has 2 aliphatic heterocycles. The monoisotopic (exact) mass is 567 g/mol. The number of hydrogen-bond acceptors (Lipinski definition) is 8. The lowest BCUT2D eigenvalue weighted by atomic mass is 10.0. The third-order valence-electron chi connectivity index (χ3n) is 8.48. The minimum atomic E-state index is 0.336. The van der Waals surface area contributed by atoms with E-state index in [1.165, 1.54) is 31.5 Å². The normalized spacial score (nSPS) is 16.5. The quantitative estimate of drug-likeness (QED) is 0.242. The zero-order valence-corrected chi connectivity index (χ0v) is 24.7. The fourth-order valence-electron chi connectivity index (χ4n) is 6.01. The highest BCUT2D eigenvalue weighted by atomic mass is 16.5. The number of piperidine rings is 1. The number of anilines is 1. The van der Waals surface area contributed by atoms with Crippen LogP contribution in [0.5, 0.6) is 17.2 Å². The first-order valence-corrected chi connectivity index (χ1v) is 15.1. The van der Waals surface area contributed by atoms with Gasteiger partial charge in [0.05, 0.1) is 14.2 Å². The second kappa shape index (κ2) is 13.4. The molecule has 0 spiro atoms. The van der Waals surface area contributed by atoms with Crippen molar-refractivity contribution in [3.8, 4) is 28.5 Å². The molecule has 42 heavy (non-hydrogen) atoms. The maximum Gasteiger partial charge on any atom is 0.156 e. The third kappa shape index (κ3) is 6.77. The molecule has 3 heterocycles. The van der Waals surface area contributed by atoms with Crippen molar-refractivity contribution in [3.63, 3.8) is 0 Å². The molecule has 4 aromatic rings. The van der Waals surface area contributed by atoms with Gasteiger partial charge >= 0.3 is 0 Å². The number of ether oxygens (including phenoxy) is 3. The standard InChI is InChI=1S/C34H41N5O3/c1-40-28-11-7-26(8-12-28)33-31-14-13-30(41-2)23-32(31)34(37-36-33)35-27-15-19-39(20-16-27)24-25-5-9-29(10-6-25)42-22-21-38-17-3-4-18-38/h5-14,23,27H,3-4,15-22,24H2,1-2H3,(H,35,37). The van der Waals surface area contributed by atoms with Crippen LogP contribution in [-0.2, 0) is 6.54 Å². The molecule has 8 heteroatoms. The van der Waals surface area contributed by atoms with Gasteiger partial charge in [-0.1, -0.05) is 12.1 Å². The molecule has 0 radical (unpaired) electrons. The molecule has 2 saturated heterocycles. The summed E-state index contributed by atoms with van der Waals surface area (Å²) in [5.41, 5.74) is 3.17. The number of nitrogens with zero attached hydrogens (tertiary/aromatic N) is 4. The van der Waals surface area contributed by atoms with Crippen LogP contribution in [0.25, 0.3) is 22.0 Å². The molecule has 0 unspecified atom stereocenters. The Balaban J connectivity index is 1.05. The maximum atomic E-state index is 5.98. The van der Waals surface area contributed by atoms with Crippen molar-refractivity contribution in [1.29, 1.82) is 0 Å². The van der Waals surface area contributed by atoms with Crippen molar-refractivity contribution in [2.75, 3.05) is 58.9 Å². The van der Waals surface area contributed by atoms with E-state index in [4.69, 9.17) is 14.2 Å². The van der Waals surface area contributed by atoms with E-state index in [1.807, 2.05) is 36.4 Å². The molecule has 3 aromatic carbocycles. The SMILES string of the molecule is COc1ccc(-c2nnc(NC3CCN(Cc4ccc(OCCN5CCCC5)cc4)CC3)c3cc(OC)ccc23)cc1. The van der Waals surface area contributed by atoms with Crippen LogP contribution in [0.3, 0.4) is 0 Å². The van der Waals surface area contributed by atoms with E-state index in [9.17, 15) is 0 Å². The second-order valence-electron chi connectivity index (χ2n) is 11.3. The molecule has 220 valence electrons. The van der Waals surface area contributed by atoms with Gasteiger partial charge in [0.25, 0.3) is 0 Å². The fourth-order valence-corrected chi connectivity index (χ4v) is 6.01. The predicted octanol–water partition coefficient (Wildman–Crippen LogP) is 5.87. The first-order chi connectivity index (χ1) is 20.7. The van der Waals surface area contributed by atoms with E-state index in [-0.39, 0.29) is 0 Å². The van der Waals surface area contributed by atoms with E-state index in [2.05, 4.69) is 55.6 Å². The molecule has 2 fully saturated rings. The number of hydrogen-bond donors (Lipinski definition) is 1. The van der Waals surface area contributed by atoms with E-state index in [0.717, 1.165) is 90.7 Å². The van der Waals surface area contributed by atoms with E-state index >= 15 is 0 Å². The Morgan fingerprint density at radius 3 is 2.14 bits per heavy atom. The molecule has 1 aromatic heterocycles. The number of nitrogens with one attached hydrogen (secondary N) is 1. The molecular weight excluding hydrogens is 526 g/mol. The zero-order valence-electron chi connectivity index (χ0n) is 24.7. The molecular formula is C34H41N5O3. The summed E-state index contributed by atoms with van der Waals surface area (Å²) >= 11 is 0. The summed E-state index contributed by atoms with van der Waals surface area (Å²) in [6, 6.07) is 23.0. The molecule has 0 bridgehead atoms. The minimum Gasteiger partial charge on any atom is -0.497 e. The van der Waals surface area contributed by atoms with Gasteiger partial charge in [0.15, 0.2) is 5.82 Å². The van der Waals surface area contributed by atoms with Crippen LogP contribution in [0.15, 0.2) is 66.7 Å². The van der Waals surface area contributed by atoms with Crippen LogP contribution in [0.2, 0.25) is 0 Å². The topological polar surface area (TPSA) is 72.0 Å². The first-order valence-electron chi connectivity index (χ1n) is 15.1. The Morgan fingerprint density at radius 1 is 0.738 bits per heavy atom. The third-order valence-corrected chi connectivity index (χ3v) is 8.48. The predicted molar refractivity (Wildman–Crippen MR) is 168 cm³/mol. The van der Waals surface area contributed by atoms with Crippen molar-refractivity contribution in [3.05, 3.63) is 72.3 Å².